The summed E-state index contributed by atoms with van der Waals surface area (Å²) in [5.74, 6) is 0.998. The van der Waals surface area contributed by atoms with Crippen LogP contribution < -0.4 is 0 Å². The van der Waals surface area contributed by atoms with Crippen LogP contribution in [-0.2, 0) is 0 Å². The molecular weight excluding hydrogens is 577 g/mol. The smallest absolute Gasteiger partial charge is 0.00730 e. The number of hydrogen-bond donors (Lipinski definition) is 0. The summed E-state index contributed by atoms with van der Waals surface area (Å²) in [7, 11) is 0. The van der Waals surface area contributed by atoms with Crippen LogP contribution in [0.2, 0.25) is 0 Å². The van der Waals surface area contributed by atoms with Crippen LogP contribution in [0, 0.1) is 25.7 Å². The molecule has 0 aromatic heterocycles. The van der Waals surface area contributed by atoms with Crippen molar-refractivity contribution in [2.75, 3.05) is 0 Å². The summed E-state index contributed by atoms with van der Waals surface area (Å²) in [5.41, 5.74) is 16.3. The van der Waals surface area contributed by atoms with E-state index in [1.807, 2.05) is 0 Å². The Hall–Kier alpha value is -5.20. The largest absolute Gasteiger partial charge is 0.0839 e. The first kappa shape index (κ1) is 30.2. The molecule has 6 aromatic rings. The van der Waals surface area contributed by atoms with Crippen LogP contribution in [0.4, 0.5) is 0 Å². The van der Waals surface area contributed by atoms with Gasteiger partial charge in [-0.25, -0.2) is 0 Å². The summed E-state index contributed by atoms with van der Waals surface area (Å²) in [5, 5.41) is 5.26. The molecule has 0 heterocycles. The molecule has 2 unspecified atom stereocenters. The van der Waals surface area contributed by atoms with Crippen molar-refractivity contribution in [2.24, 2.45) is 11.8 Å². The maximum atomic E-state index is 2.54. The molecular formula is C48H42. The number of hydrogen-bond acceptors (Lipinski definition) is 0. The van der Waals surface area contributed by atoms with Crippen LogP contribution >= 0.6 is 0 Å². The van der Waals surface area contributed by atoms with Gasteiger partial charge in [0.25, 0.3) is 0 Å². The second-order valence-corrected chi connectivity index (χ2v) is 13.8. The minimum Gasteiger partial charge on any atom is -0.0839 e. The van der Waals surface area contributed by atoms with E-state index in [-0.39, 0.29) is 0 Å². The van der Waals surface area contributed by atoms with Crippen LogP contribution in [0.15, 0.2) is 145 Å². The Morgan fingerprint density at radius 2 is 1.15 bits per heavy atom. The SMILES string of the molecule is Cc1c(C)c(-c2ccc(C=Cc3ccc(-c4ccc5ccccc5c4)cc3)cc2)c2ccccc2c1C1=CC2=C(C=CCC2)C(C)C1C. The van der Waals surface area contributed by atoms with Gasteiger partial charge in [0.1, 0.15) is 0 Å². The highest BCUT2D eigenvalue weighted by molar-refractivity contribution is 6.06. The van der Waals surface area contributed by atoms with Crippen molar-refractivity contribution in [1.29, 1.82) is 0 Å². The Labute approximate surface area is 285 Å². The molecule has 0 saturated heterocycles. The molecule has 2 aliphatic rings. The highest BCUT2D eigenvalue weighted by Gasteiger charge is 2.30. The topological polar surface area (TPSA) is 0 Å². The molecule has 0 nitrogen and oxygen atoms in total. The van der Waals surface area contributed by atoms with Gasteiger partial charge in [-0.3, -0.25) is 0 Å². The third kappa shape index (κ3) is 5.36. The van der Waals surface area contributed by atoms with Crippen molar-refractivity contribution in [3.8, 4) is 22.3 Å². The van der Waals surface area contributed by atoms with Crippen molar-refractivity contribution in [3.05, 3.63) is 172 Å². The lowest BCUT2D eigenvalue weighted by Gasteiger charge is -2.34. The maximum absolute atomic E-state index is 2.54. The van der Waals surface area contributed by atoms with E-state index < -0.39 is 0 Å². The monoisotopic (exact) mass is 618 g/mol. The summed E-state index contributed by atoms with van der Waals surface area (Å²) < 4.78 is 0. The van der Waals surface area contributed by atoms with E-state index in [1.54, 1.807) is 5.57 Å². The summed E-state index contributed by atoms with van der Waals surface area (Å²) in [6.07, 6.45) is 14.0. The van der Waals surface area contributed by atoms with Gasteiger partial charge in [0, 0.05) is 0 Å². The Bertz CT molecular complexity index is 2300. The van der Waals surface area contributed by atoms with Crippen LogP contribution in [0.5, 0.6) is 0 Å². The van der Waals surface area contributed by atoms with Crippen LogP contribution in [0.3, 0.4) is 0 Å². The van der Waals surface area contributed by atoms with E-state index in [4.69, 9.17) is 0 Å². The lowest BCUT2D eigenvalue weighted by atomic mass is 9.70. The fourth-order valence-corrected chi connectivity index (χ4v) is 8.01. The van der Waals surface area contributed by atoms with Gasteiger partial charge in [-0.2, -0.15) is 0 Å². The van der Waals surface area contributed by atoms with Gasteiger partial charge in [-0.15, -0.1) is 0 Å². The minimum atomic E-state index is 0.472. The quantitative estimate of drug-likeness (QED) is 0.169. The zero-order valence-corrected chi connectivity index (χ0v) is 28.4. The van der Waals surface area contributed by atoms with E-state index in [0.29, 0.717) is 11.8 Å². The number of allylic oxidation sites excluding steroid dienone is 6. The lowest BCUT2D eigenvalue weighted by molar-refractivity contribution is 0.537. The van der Waals surface area contributed by atoms with Gasteiger partial charge in [-0.05, 0) is 133 Å². The molecule has 2 atom stereocenters. The molecule has 0 saturated carbocycles. The van der Waals surface area contributed by atoms with Crippen molar-refractivity contribution >= 4 is 39.3 Å². The molecule has 0 N–H and O–H groups in total. The Morgan fingerprint density at radius 3 is 1.85 bits per heavy atom. The molecule has 0 amide bonds. The minimum absolute atomic E-state index is 0.472. The molecule has 0 aliphatic heterocycles. The van der Waals surface area contributed by atoms with E-state index in [0.717, 1.165) is 12.8 Å². The summed E-state index contributed by atoms with van der Waals surface area (Å²) in [4.78, 5) is 0. The Balaban J connectivity index is 1.09. The molecule has 0 radical (unpaired) electrons. The maximum Gasteiger partial charge on any atom is -0.00730 e. The molecule has 6 aromatic carbocycles. The number of benzene rings is 6. The standard InChI is InChI=1S/C48H42/c1-31-32(2)46(30-42-13-7-8-14-43(31)42)48-34(4)33(3)47(44-15-9-10-16-45(44)48)39-25-21-36(22-26-39)18-17-35-19-23-38(24-20-35)41-28-27-37-11-5-6-12-40(37)29-41/h5-6,8-12,14-32H,7,13H2,1-4H3. The second-order valence-electron chi connectivity index (χ2n) is 13.8. The number of fused-ring (bicyclic) bond motifs is 2. The third-order valence-electron chi connectivity index (χ3n) is 11.0. The van der Waals surface area contributed by atoms with Crippen LogP contribution in [0.25, 0.3) is 61.5 Å². The molecule has 0 bridgehead atoms. The fourth-order valence-electron chi connectivity index (χ4n) is 8.01. The van der Waals surface area contributed by atoms with E-state index in [1.165, 1.54) is 82.8 Å². The molecule has 0 heteroatoms. The lowest BCUT2D eigenvalue weighted by Crippen LogP contribution is -2.19. The number of rotatable bonds is 5. The predicted molar refractivity (Wildman–Crippen MR) is 209 cm³/mol. The van der Waals surface area contributed by atoms with E-state index in [2.05, 4.69) is 173 Å². The highest BCUT2D eigenvalue weighted by Crippen LogP contribution is 2.47. The average molecular weight is 619 g/mol. The Kier molecular flexibility index (Phi) is 7.81. The van der Waals surface area contributed by atoms with E-state index >= 15 is 0 Å². The normalized spacial score (nSPS) is 17.7. The van der Waals surface area contributed by atoms with Gasteiger partial charge in [0.05, 0.1) is 0 Å². The second kappa shape index (κ2) is 12.4. The molecule has 0 fully saturated rings. The highest BCUT2D eigenvalue weighted by atomic mass is 14.3. The first-order chi connectivity index (χ1) is 23.5. The van der Waals surface area contributed by atoms with Gasteiger partial charge < -0.3 is 0 Å². The molecule has 8 rings (SSSR count). The van der Waals surface area contributed by atoms with Gasteiger partial charge in [-0.1, -0.05) is 153 Å². The van der Waals surface area contributed by atoms with Crippen LogP contribution in [0.1, 0.15) is 54.5 Å². The summed E-state index contributed by atoms with van der Waals surface area (Å²) >= 11 is 0. The summed E-state index contributed by atoms with van der Waals surface area (Å²) in [6.45, 7) is 9.50. The fraction of sp³-hybridized carbons (Fsp3) is 0.167. The molecule has 48 heavy (non-hydrogen) atoms. The molecule has 234 valence electrons. The van der Waals surface area contributed by atoms with Gasteiger partial charge in [0.2, 0.25) is 0 Å². The molecule has 2 aliphatic carbocycles. The zero-order chi connectivity index (χ0) is 32.8. The zero-order valence-electron chi connectivity index (χ0n) is 28.4. The van der Waals surface area contributed by atoms with Crippen molar-refractivity contribution < 1.29 is 0 Å². The first-order valence-corrected chi connectivity index (χ1v) is 17.5. The van der Waals surface area contributed by atoms with Gasteiger partial charge >= 0.3 is 0 Å². The summed E-state index contributed by atoms with van der Waals surface area (Å²) in [6, 6.07) is 42.3. The van der Waals surface area contributed by atoms with Crippen molar-refractivity contribution in [2.45, 2.75) is 40.5 Å². The van der Waals surface area contributed by atoms with Crippen LogP contribution in [-0.4, -0.2) is 0 Å². The Morgan fingerprint density at radius 1 is 0.562 bits per heavy atom. The predicted octanol–water partition coefficient (Wildman–Crippen LogP) is 13.4. The van der Waals surface area contributed by atoms with E-state index in [9.17, 15) is 0 Å². The van der Waals surface area contributed by atoms with Crippen molar-refractivity contribution in [1.82, 2.24) is 0 Å². The molecule has 0 spiro atoms. The third-order valence-corrected chi connectivity index (χ3v) is 11.0. The van der Waals surface area contributed by atoms with Gasteiger partial charge in [0.15, 0.2) is 0 Å². The average Bonchev–Trinajstić information content (AvgIpc) is 3.13. The van der Waals surface area contributed by atoms with Crippen molar-refractivity contribution in [3.63, 3.8) is 0 Å². The first-order valence-electron chi connectivity index (χ1n) is 17.5.